The molecule has 6 rings (SSSR count). The summed E-state index contributed by atoms with van der Waals surface area (Å²) >= 11 is 0. The summed E-state index contributed by atoms with van der Waals surface area (Å²) in [6, 6.07) is 11.3. The minimum Gasteiger partial charge on any atom is -0.358 e. The van der Waals surface area contributed by atoms with Crippen LogP contribution in [0.1, 0.15) is 48.1 Å². The third-order valence-electron chi connectivity index (χ3n) is 7.85. The van der Waals surface area contributed by atoms with E-state index in [-0.39, 0.29) is 5.82 Å². The number of pyridine rings is 2. The van der Waals surface area contributed by atoms with Gasteiger partial charge in [-0.1, -0.05) is 44.2 Å². The van der Waals surface area contributed by atoms with Crippen LogP contribution in [-0.4, -0.2) is 25.1 Å². The molecule has 1 aliphatic rings. The molecule has 4 aromatic heterocycles. The lowest BCUT2D eigenvalue weighted by Crippen LogP contribution is -2.07. The number of H-pyrrole nitrogens is 2. The standard InChI is InChI=1S/C34H33FN6/c1-5-8-29(24-11-20(2)12-27(35)13-24)30-16-32(39-22(30)4)33-31-15-26(18-37-34(31)41-40-33)25-14-28(19-36-17-25)38-21(3)23-9-6-7-10-23/h5,8,11-19,23,38-39H,1,3,6-7,9-10H2,2,4H3,(H,37,40,41)/b29-8-. The second-order valence-electron chi connectivity index (χ2n) is 10.8. The van der Waals surface area contributed by atoms with Crippen molar-refractivity contribution in [2.75, 3.05) is 5.32 Å². The first kappa shape index (κ1) is 26.4. The molecule has 0 radical (unpaired) electrons. The Morgan fingerprint density at radius 3 is 2.61 bits per heavy atom. The van der Waals surface area contributed by atoms with Crippen LogP contribution in [0.25, 0.3) is 39.1 Å². The summed E-state index contributed by atoms with van der Waals surface area (Å²) in [5, 5.41) is 12.0. The highest BCUT2D eigenvalue weighted by Gasteiger charge is 2.19. The second kappa shape index (κ2) is 11.0. The molecule has 4 heterocycles. The lowest BCUT2D eigenvalue weighted by atomic mass is 9.96. The lowest BCUT2D eigenvalue weighted by Gasteiger charge is -2.15. The summed E-state index contributed by atoms with van der Waals surface area (Å²) in [5.41, 5.74) is 10.6. The van der Waals surface area contributed by atoms with E-state index in [1.165, 1.54) is 31.7 Å². The van der Waals surface area contributed by atoms with E-state index in [1.54, 1.807) is 12.1 Å². The average Bonchev–Trinajstić information content (AvgIpc) is 3.71. The minimum absolute atomic E-state index is 0.266. The molecule has 0 saturated heterocycles. The Morgan fingerprint density at radius 2 is 1.83 bits per heavy atom. The maximum absolute atomic E-state index is 14.3. The van der Waals surface area contributed by atoms with Gasteiger partial charge < -0.3 is 10.3 Å². The maximum atomic E-state index is 14.3. The van der Waals surface area contributed by atoms with E-state index in [4.69, 9.17) is 0 Å². The predicted molar refractivity (Wildman–Crippen MR) is 165 cm³/mol. The van der Waals surface area contributed by atoms with E-state index in [2.05, 4.69) is 61.8 Å². The molecule has 0 spiro atoms. The lowest BCUT2D eigenvalue weighted by molar-refractivity contribution is 0.626. The van der Waals surface area contributed by atoms with Crippen molar-refractivity contribution < 1.29 is 4.39 Å². The number of aryl methyl sites for hydroxylation is 2. The maximum Gasteiger partial charge on any atom is 0.181 e. The number of nitrogens with one attached hydrogen (secondary N) is 3. The van der Waals surface area contributed by atoms with Crippen molar-refractivity contribution in [2.45, 2.75) is 39.5 Å². The van der Waals surface area contributed by atoms with Crippen LogP contribution in [0.3, 0.4) is 0 Å². The van der Waals surface area contributed by atoms with Crippen LogP contribution in [0.15, 0.2) is 86.0 Å². The van der Waals surface area contributed by atoms with Crippen LogP contribution in [-0.2, 0) is 0 Å². The monoisotopic (exact) mass is 544 g/mol. The number of anilines is 1. The zero-order chi connectivity index (χ0) is 28.5. The molecule has 206 valence electrons. The molecule has 0 bridgehead atoms. The first-order valence-electron chi connectivity index (χ1n) is 14.0. The fourth-order valence-corrected chi connectivity index (χ4v) is 5.81. The highest BCUT2D eigenvalue weighted by Crippen LogP contribution is 2.35. The van der Waals surface area contributed by atoms with E-state index in [0.29, 0.717) is 11.6 Å². The van der Waals surface area contributed by atoms with Gasteiger partial charge in [0.15, 0.2) is 5.65 Å². The average molecular weight is 545 g/mol. The van der Waals surface area contributed by atoms with Crippen molar-refractivity contribution in [3.63, 3.8) is 0 Å². The summed E-state index contributed by atoms with van der Waals surface area (Å²) in [6.45, 7) is 12.1. The number of hydrogen-bond donors (Lipinski definition) is 3. The Labute approximate surface area is 239 Å². The number of aromatic amines is 2. The highest BCUT2D eigenvalue weighted by molar-refractivity contribution is 5.94. The smallest absolute Gasteiger partial charge is 0.181 e. The minimum atomic E-state index is -0.266. The Kier molecular flexibility index (Phi) is 7.10. The summed E-state index contributed by atoms with van der Waals surface area (Å²) in [7, 11) is 0. The zero-order valence-electron chi connectivity index (χ0n) is 23.4. The van der Waals surface area contributed by atoms with Crippen molar-refractivity contribution in [1.82, 2.24) is 25.1 Å². The number of aromatic nitrogens is 5. The summed E-state index contributed by atoms with van der Waals surface area (Å²) in [6.07, 6.45) is 14.0. The molecule has 1 fully saturated rings. The van der Waals surface area contributed by atoms with Crippen molar-refractivity contribution in [1.29, 1.82) is 0 Å². The van der Waals surface area contributed by atoms with Crippen molar-refractivity contribution in [3.8, 4) is 22.5 Å². The van der Waals surface area contributed by atoms with Gasteiger partial charge in [0.25, 0.3) is 0 Å². The molecule has 1 aliphatic carbocycles. The molecule has 0 atom stereocenters. The molecule has 6 nitrogen and oxygen atoms in total. The van der Waals surface area contributed by atoms with E-state index in [9.17, 15) is 4.39 Å². The van der Waals surface area contributed by atoms with Gasteiger partial charge in [0.2, 0.25) is 0 Å². The normalized spacial score (nSPS) is 14.1. The van der Waals surface area contributed by atoms with Gasteiger partial charge in [0.05, 0.1) is 23.3 Å². The topological polar surface area (TPSA) is 82.3 Å². The second-order valence-corrected chi connectivity index (χ2v) is 10.8. The Bertz CT molecular complexity index is 1780. The summed E-state index contributed by atoms with van der Waals surface area (Å²) in [4.78, 5) is 12.6. The largest absolute Gasteiger partial charge is 0.358 e. The molecule has 1 saturated carbocycles. The molecule has 0 amide bonds. The number of benzene rings is 1. The van der Waals surface area contributed by atoms with Crippen LogP contribution < -0.4 is 5.32 Å². The molecule has 0 unspecified atom stereocenters. The highest BCUT2D eigenvalue weighted by atomic mass is 19.1. The van der Waals surface area contributed by atoms with Crippen molar-refractivity contribution in [3.05, 3.63) is 114 Å². The van der Waals surface area contributed by atoms with Crippen LogP contribution in [0, 0.1) is 25.6 Å². The van der Waals surface area contributed by atoms with Crippen LogP contribution in [0.5, 0.6) is 0 Å². The van der Waals surface area contributed by atoms with E-state index in [1.807, 2.05) is 44.6 Å². The molecule has 5 aromatic rings. The fraction of sp³-hybridized carbons (Fsp3) is 0.206. The Hall–Kier alpha value is -4.78. The summed E-state index contributed by atoms with van der Waals surface area (Å²) < 4.78 is 14.3. The molecule has 3 N–H and O–H groups in total. The number of halogens is 1. The van der Waals surface area contributed by atoms with Crippen LogP contribution in [0.4, 0.5) is 10.1 Å². The summed E-state index contributed by atoms with van der Waals surface area (Å²) in [5.74, 6) is 0.254. The van der Waals surface area contributed by atoms with Crippen molar-refractivity contribution >= 4 is 22.3 Å². The van der Waals surface area contributed by atoms with Crippen molar-refractivity contribution in [2.24, 2.45) is 5.92 Å². The molecule has 1 aromatic carbocycles. The van der Waals surface area contributed by atoms with E-state index in [0.717, 1.165) is 67.2 Å². The first-order chi connectivity index (χ1) is 19.9. The molecule has 41 heavy (non-hydrogen) atoms. The quantitative estimate of drug-likeness (QED) is 0.171. The number of allylic oxidation sites excluding steroid dienone is 3. The number of rotatable bonds is 8. The number of nitrogens with zero attached hydrogens (tertiary/aromatic N) is 3. The molecular formula is C34H33FN6. The van der Waals surface area contributed by atoms with Gasteiger partial charge in [0.1, 0.15) is 5.82 Å². The van der Waals surface area contributed by atoms with E-state index < -0.39 is 0 Å². The third-order valence-corrected chi connectivity index (χ3v) is 7.85. The molecule has 7 heteroatoms. The van der Waals surface area contributed by atoms with Gasteiger partial charge in [0, 0.05) is 45.9 Å². The van der Waals surface area contributed by atoms with Crippen LogP contribution in [0.2, 0.25) is 0 Å². The number of hydrogen-bond acceptors (Lipinski definition) is 4. The van der Waals surface area contributed by atoms with Gasteiger partial charge >= 0.3 is 0 Å². The van der Waals surface area contributed by atoms with Gasteiger partial charge in [-0.2, -0.15) is 5.10 Å². The zero-order valence-corrected chi connectivity index (χ0v) is 23.4. The van der Waals surface area contributed by atoms with Gasteiger partial charge in [-0.15, -0.1) is 0 Å². The van der Waals surface area contributed by atoms with Crippen LogP contribution >= 0.6 is 0 Å². The number of fused-ring (bicyclic) bond motifs is 1. The fourth-order valence-electron chi connectivity index (χ4n) is 5.81. The predicted octanol–water partition coefficient (Wildman–Crippen LogP) is 8.50. The Balaban J connectivity index is 1.34. The molecule has 0 aliphatic heterocycles. The van der Waals surface area contributed by atoms with E-state index >= 15 is 0 Å². The third kappa shape index (κ3) is 5.35. The SMILES string of the molecule is C=C/C=C(/c1cc(C)cc(F)c1)c1cc(-c2[nH]nc3ncc(-c4cncc(NC(=C)C5CCCC5)c4)cc23)[nH]c1C. The molecular weight excluding hydrogens is 511 g/mol. The Morgan fingerprint density at radius 1 is 1.02 bits per heavy atom. The first-order valence-corrected chi connectivity index (χ1v) is 14.0. The van der Waals surface area contributed by atoms with Gasteiger partial charge in [-0.3, -0.25) is 10.1 Å². The van der Waals surface area contributed by atoms with Gasteiger partial charge in [-0.05, 0) is 79.6 Å². The van der Waals surface area contributed by atoms with Gasteiger partial charge in [-0.25, -0.2) is 9.37 Å².